The average Bonchev–Trinajstić information content (AvgIpc) is 2.40. The number of thioether (sulfide) groups is 1. The highest BCUT2D eigenvalue weighted by Gasteiger charge is 2.26. The van der Waals surface area contributed by atoms with Gasteiger partial charge in [-0.1, -0.05) is 12.1 Å². The molecule has 2 amide bonds. The van der Waals surface area contributed by atoms with E-state index in [1.165, 1.54) is 11.8 Å². The van der Waals surface area contributed by atoms with Crippen molar-refractivity contribution >= 4 is 29.3 Å². The van der Waals surface area contributed by atoms with Crippen molar-refractivity contribution in [2.75, 3.05) is 36.8 Å². The lowest BCUT2D eigenvalue weighted by Crippen LogP contribution is -2.50. The third-order valence-corrected chi connectivity index (χ3v) is 4.61. The monoisotopic (exact) mass is 291 g/mol. The summed E-state index contributed by atoms with van der Waals surface area (Å²) in [4.78, 5) is 26.6. The van der Waals surface area contributed by atoms with Crippen molar-refractivity contribution in [1.82, 2.24) is 10.6 Å². The van der Waals surface area contributed by atoms with E-state index in [4.69, 9.17) is 0 Å². The highest BCUT2D eigenvalue weighted by atomic mass is 32.2. The number of rotatable bonds is 4. The van der Waals surface area contributed by atoms with Crippen molar-refractivity contribution in [2.45, 2.75) is 4.90 Å². The maximum Gasteiger partial charge on any atom is 0.240 e. The Morgan fingerprint density at radius 3 is 2.95 bits per heavy atom. The van der Waals surface area contributed by atoms with E-state index in [9.17, 15) is 9.59 Å². The predicted octanol–water partition coefficient (Wildman–Crippen LogP) is 0.461. The Kier molecular flexibility index (Phi) is 3.93. The lowest BCUT2D eigenvalue weighted by Gasteiger charge is -2.30. The summed E-state index contributed by atoms with van der Waals surface area (Å²) < 4.78 is 0. The molecule has 0 spiro atoms. The Hall–Kier alpha value is -1.53. The summed E-state index contributed by atoms with van der Waals surface area (Å²) in [5.74, 6) is 0.830. The molecule has 3 rings (SSSR count). The summed E-state index contributed by atoms with van der Waals surface area (Å²) in [6.45, 7) is 2.71. The fraction of sp³-hybridized carbons (Fsp3) is 0.429. The molecular formula is C14H17N3O2S. The number of amides is 2. The highest BCUT2D eigenvalue weighted by molar-refractivity contribution is 8.00. The second-order valence-electron chi connectivity index (χ2n) is 5.06. The van der Waals surface area contributed by atoms with Crippen LogP contribution in [0.2, 0.25) is 0 Å². The van der Waals surface area contributed by atoms with Crippen LogP contribution >= 0.6 is 11.8 Å². The Bertz CT molecular complexity index is 531. The van der Waals surface area contributed by atoms with E-state index >= 15 is 0 Å². The molecule has 2 N–H and O–H groups in total. The van der Waals surface area contributed by atoms with Gasteiger partial charge in [0.25, 0.3) is 0 Å². The molecule has 6 heteroatoms. The number of anilines is 1. The molecule has 0 aliphatic carbocycles. The fourth-order valence-corrected chi connectivity index (χ4v) is 3.21. The van der Waals surface area contributed by atoms with Crippen LogP contribution < -0.4 is 15.5 Å². The molecule has 1 fully saturated rings. The van der Waals surface area contributed by atoms with Crippen molar-refractivity contribution in [3.8, 4) is 0 Å². The number of hydrogen-bond donors (Lipinski definition) is 2. The Morgan fingerprint density at radius 2 is 2.20 bits per heavy atom. The molecule has 0 atom stereocenters. The minimum atomic E-state index is -0.0908. The number of fused-ring (bicyclic) bond motifs is 1. The van der Waals surface area contributed by atoms with E-state index in [-0.39, 0.29) is 18.4 Å². The van der Waals surface area contributed by atoms with Gasteiger partial charge in [-0.15, -0.1) is 11.8 Å². The SMILES string of the molecule is O=C(CN1C(=O)CSc2ccccc21)NCC1CNC1. The van der Waals surface area contributed by atoms with Gasteiger partial charge < -0.3 is 15.5 Å². The maximum atomic E-state index is 12.0. The van der Waals surface area contributed by atoms with Gasteiger partial charge in [-0.3, -0.25) is 9.59 Å². The van der Waals surface area contributed by atoms with Gasteiger partial charge in [0.1, 0.15) is 6.54 Å². The van der Waals surface area contributed by atoms with Gasteiger partial charge >= 0.3 is 0 Å². The Balaban J connectivity index is 1.63. The standard InChI is InChI=1S/C14H17N3O2S/c18-13(16-7-10-5-15-6-10)8-17-11-3-1-2-4-12(11)20-9-14(17)19/h1-4,10,15H,5-9H2,(H,16,18). The molecule has 2 aliphatic heterocycles. The summed E-state index contributed by atoms with van der Waals surface area (Å²) in [5.41, 5.74) is 0.842. The van der Waals surface area contributed by atoms with Crippen LogP contribution in [0.15, 0.2) is 29.2 Å². The normalized spacial score (nSPS) is 18.4. The number of para-hydroxylation sites is 1. The zero-order valence-electron chi connectivity index (χ0n) is 11.1. The molecule has 1 aromatic rings. The Morgan fingerprint density at radius 1 is 1.40 bits per heavy atom. The van der Waals surface area contributed by atoms with Crippen LogP contribution in [0.1, 0.15) is 0 Å². The number of carbonyl (C=O) groups is 2. The van der Waals surface area contributed by atoms with Crippen molar-refractivity contribution in [3.05, 3.63) is 24.3 Å². The van der Waals surface area contributed by atoms with Gasteiger partial charge in [-0.2, -0.15) is 0 Å². The number of benzene rings is 1. The van der Waals surface area contributed by atoms with E-state index in [2.05, 4.69) is 10.6 Å². The molecule has 1 saturated heterocycles. The number of nitrogens with one attached hydrogen (secondary N) is 2. The predicted molar refractivity (Wildman–Crippen MR) is 78.9 cm³/mol. The number of carbonyl (C=O) groups excluding carboxylic acids is 2. The first-order valence-electron chi connectivity index (χ1n) is 6.73. The highest BCUT2D eigenvalue weighted by Crippen LogP contribution is 2.34. The molecule has 0 radical (unpaired) electrons. The first-order valence-corrected chi connectivity index (χ1v) is 7.72. The summed E-state index contributed by atoms with van der Waals surface area (Å²) >= 11 is 1.53. The van der Waals surface area contributed by atoms with E-state index in [1.54, 1.807) is 4.90 Å². The fourth-order valence-electron chi connectivity index (χ4n) is 2.28. The molecule has 106 valence electrons. The molecule has 1 aromatic carbocycles. The third-order valence-electron chi connectivity index (χ3n) is 3.56. The summed E-state index contributed by atoms with van der Waals surface area (Å²) in [6.07, 6.45) is 0. The lowest BCUT2D eigenvalue weighted by molar-refractivity contribution is -0.123. The molecule has 20 heavy (non-hydrogen) atoms. The topological polar surface area (TPSA) is 61.4 Å². The third kappa shape index (κ3) is 2.81. The van der Waals surface area contributed by atoms with E-state index in [0.717, 1.165) is 23.7 Å². The first-order chi connectivity index (χ1) is 9.74. The van der Waals surface area contributed by atoms with Gasteiger partial charge in [0, 0.05) is 30.4 Å². The van der Waals surface area contributed by atoms with Crippen LogP contribution in [-0.4, -0.2) is 43.7 Å². The van der Waals surface area contributed by atoms with Gasteiger partial charge in [0.05, 0.1) is 11.4 Å². The minimum Gasteiger partial charge on any atom is -0.354 e. The van der Waals surface area contributed by atoms with Crippen LogP contribution in [0.3, 0.4) is 0 Å². The van der Waals surface area contributed by atoms with Crippen LogP contribution in [0.25, 0.3) is 0 Å². The van der Waals surface area contributed by atoms with Gasteiger partial charge in [-0.25, -0.2) is 0 Å². The van der Waals surface area contributed by atoms with Crippen LogP contribution in [0.4, 0.5) is 5.69 Å². The van der Waals surface area contributed by atoms with Crippen molar-refractivity contribution in [1.29, 1.82) is 0 Å². The van der Waals surface area contributed by atoms with Crippen LogP contribution in [0.5, 0.6) is 0 Å². The van der Waals surface area contributed by atoms with Crippen LogP contribution in [0, 0.1) is 5.92 Å². The van der Waals surface area contributed by atoms with Gasteiger partial charge in [0.2, 0.25) is 11.8 Å². The van der Waals surface area contributed by atoms with E-state index in [0.29, 0.717) is 18.2 Å². The van der Waals surface area contributed by atoms with Crippen molar-refractivity contribution in [2.24, 2.45) is 5.92 Å². The lowest BCUT2D eigenvalue weighted by atomic mass is 10.0. The number of nitrogens with zero attached hydrogens (tertiary/aromatic N) is 1. The minimum absolute atomic E-state index is 0.00541. The quantitative estimate of drug-likeness (QED) is 0.846. The van der Waals surface area contributed by atoms with E-state index < -0.39 is 0 Å². The molecule has 0 saturated carbocycles. The molecule has 0 unspecified atom stereocenters. The molecule has 2 heterocycles. The molecule has 0 aromatic heterocycles. The zero-order valence-corrected chi connectivity index (χ0v) is 11.9. The summed E-state index contributed by atoms with van der Waals surface area (Å²) in [5, 5.41) is 6.07. The summed E-state index contributed by atoms with van der Waals surface area (Å²) in [6, 6.07) is 7.71. The van der Waals surface area contributed by atoms with E-state index in [1.807, 2.05) is 24.3 Å². The zero-order chi connectivity index (χ0) is 13.9. The summed E-state index contributed by atoms with van der Waals surface area (Å²) in [7, 11) is 0. The number of hydrogen-bond acceptors (Lipinski definition) is 4. The molecule has 5 nitrogen and oxygen atoms in total. The van der Waals surface area contributed by atoms with Gasteiger partial charge in [0.15, 0.2) is 0 Å². The maximum absolute atomic E-state index is 12.0. The second-order valence-corrected chi connectivity index (χ2v) is 6.08. The second kappa shape index (κ2) is 5.85. The largest absolute Gasteiger partial charge is 0.354 e. The average molecular weight is 291 g/mol. The molecular weight excluding hydrogens is 274 g/mol. The first kappa shape index (κ1) is 13.5. The van der Waals surface area contributed by atoms with Gasteiger partial charge in [-0.05, 0) is 12.1 Å². The Labute approximate surface area is 122 Å². The molecule has 0 bridgehead atoms. The van der Waals surface area contributed by atoms with Crippen molar-refractivity contribution < 1.29 is 9.59 Å². The smallest absolute Gasteiger partial charge is 0.240 e. The van der Waals surface area contributed by atoms with Crippen molar-refractivity contribution in [3.63, 3.8) is 0 Å². The molecule has 2 aliphatic rings. The van der Waals surface area contributed by atoms with Crippen LogP contribution in [-0.2, 0) is 9.59 Å².